The number of hydrogen-bond donors (Lipinski definition) is 0. The minimum absolute atomic E-state index is 0.0232. The van der Waals surface area contributed by atoms with Gasteiger partial charge in [-0.15, -0.1) is 0 Å². The van der Waals surface area contributed by atoms with Crippen LogP contribution in [-0.4, -0.2) is 74.2 Å². The molecule has 0 saturated heterocycles. The molecule has 0 saturated carbocycles. The van der Waals surface area contributed by atoms with E-state index in [1.54, 1.807) is 13.0 Å². The minimum atomic E-state index is -1.62. The molecule has 17 nitrogen and oxygen atoms in total. The van der Waals surface area contributed by atoms with Crippen LogP contribution in [0.4, 0.5) is 11.4 Å². The van der Waals surface area contributed by atoms with Crippen LogP contribution in [0.2, 0.25) is 0 Å². The van der Waals surface area contributed by atoms with Crippen molar-refractivity contribution in [2.75, 3.05) is 49.2 Å². The van der Waals surface area contributed by atoms with Crippen molar-refractivity contribution >= 4 is 52.2 Å². The highest BCUT2D eigenvalue weighted by Gasteiger charge is 2.20. The van der Waals surface area contributed by atoms with Gasteiger partial charge in [0, 0.05) is 11.5 Å². The summed E-state index contributed by atoms with van der Waals surface area (Å²) in [5.74, 6) is -8.65. The number of ether oxygens (including phenoxy) is 2. The molecular formula is C29H22N3O14-5. The molecule has 2 aromatic carbocycles. The van der Waals surface area contributed by atoms with E-state index in [2.05, 4.69) is 4.98 Å². The molecule has 0 radical (unpaired) electrons. The summed E-state index contributed by atoms with van der Waals surface area (Å²) in [6.45, 7) is -2.03. The zero-order valence-corrected chi connectivity index (χ0v) is 23.8. The Bertz CT molecular complexity index is 1760. The van der Waals surface area contributed by atoms with Crippen molar-refractivity contribution in [2.24, 2.45) is 0 Å². The molecule has 2 aromatic heterocycles. The number of carbonyl (C=O) groups excluding carboxylic acids is 5. The molecular weight excluding hydrogens is 614 g/mol. The standard InChI is InChI=1S/C29H27N3O14/c1-15-2-3-17(31(11-24(33)34)12-25(35)36)20(6-15)43-4-5-44-21-7-16-8-22(28-30-10-23(46-28)29(41)42)45-19(16)9-18(21)32(13-26(37)38)14-27(39)40/h2-3,6-10H,4-5,11-14H2,1H3,(H,33,34)(H,35,36)(H,37,38)(H,39,40)(H,41,42)/p-5. The average Bonchev–Trinajstić information content (AvgIpc) is 3.61. The normalized spacial score (nSPS) is 10.8. The Balaban J connectivity index is 1.63. The van der Waals surface area contributed by atoms with Crippen molar-refractivity contribution in [3.63, 3.8) is 0 Å². The number of carboxylic acid groups (broad SMARTS) is 5. The third-order valence-electron chi connectivity index (χ3n) is 6.19. The van der Waals surface area contributed by atoms with Crippen molar-refractivity contribution in [2.45, 2.75) is 6.92 Å². The summed E-state index contributed by atoms with van der Waals surface area (Å²) in [6.07, 6.45) is 0.912. The fourth-order valence-electron chi connectivity index (χ4n) is 4.38. The van der Waals surface area contributed by atoms with Crippen LogP contribution in [0.1, 0.15) is 16.1 Å². The number of aryl methyl sites for hydroxylation is 1. The monoisotopic (exact) mass is 636 g/mol. The van der Waals surface area contributed by atoms with Crippen molar-refractivity contribution in [3.8, 4) is 23.1 Å². The van der Waals surface area contributed by atoms with Gasteiger partial charge in [-0.1, -0.05) is 6.07 Å². The number of aromatic carboxylic acids is 1. The number of carbonyl (C=O) groups is 5. The van der Waals surface area contributed by atoms with Crippen LogP contribution in [0, 0.1) is 6.92 Å². The Hall–Kier alpha value is -6.26. The van der Waals surface area contributed by atoms with Gasteiger partial charge in [-0.25, -0.2) is 4.98 Å². The number of benzene rings is 2. The summed E-state index contributed by atoms with van der Waals surface area (Å²) >= 11 is 0. The molecule has 0 atom stereocenters. The van der Waals surface area contributed by atoms with E-state index in [1.807, 2.05) is 0 Å². The van der Waals surface area contributed by atoms with Crippen LogP contribution in [-0.2, 0) is 19.2 Å². The Morgan fingerprint density at radius 1 is 0.717 bits per heavy atom. The highest BCUT2D eigenvalue weighted by atomic mass is 16.5. The zero-order valence-electron chi connectivity index (χ0n) is 23.8. The Kier molecular flexibility index (Phi) is 9.95. The maximum Gasteiger partial charge on any atom is 0.263 e. The zero-order chi connectivity index (χ0) is 33.5. The van der Waals surface area contributed by atoms with Crippen molar-refractivity contribution in [1.29, 1.82) is 0 Å². The fourth-order valence-corrected chi connectivity index (χ4v) is 4.38. The van der Waals surface area contributed by atoms with E-state index in [0.29, 0.717) is 10.9 Å². The molecule has 4 rings (SSSR count). The lowest BCUT2D eigenvalue weighted by atomic mass is 10.2. The fraction of sp³-hybridized carbons (Fsp3) is 0.241. The number of fused-ring (bicyclic) bond motifs is 1. The lowest BCUT2D eigenvalue weighted by Gasteiger charge is -2.28. The molecule has 0 aliphatic rings. The largest absolute Gasteiger partial charge is 0.548 e. The number of aromatic nitrogens is 1. The van der Waals surface area contributed by atoms with E-state index in [-0.39, 0.29) is 53.3 Å². The first kappa shape index (κ1) is 32.6. The van der Waals surface area contributed by atoms with Gasteiger partial charge in [0.25, 0.3) is 5.89 Å². The molecule has 46 heavy (non-hydrogen) atoms. The van der Waals surface area contributed by atoms with Gasteiger partial charge in [-0.2, -0.15) is 0 Å². The van der Waals surface area contributed by atoms with Crippen molar-refractivity contribution < 1.29 is 67.8 Å². The van der Waals surface area contributed by atoms with E-state index in [1.165, 1.54) is 30.3 Å². The van der Waals surface area contributed by atoms with Gasteiger partial charge in [0.05, 0.1) is 67.6 Å². The van der Waals surface area contributed by atoms with Gasteiger partial charge in [0.2, 0.25) is 0 Å². The molecule has 0 spiro atoms. The number of furan rings is 1. The van der Waals surface area contributed by atoms with Gasteiger partial charge in [-0.05, 0) is 36.8 Å². The SMILES string of the molecule is Cc1ccc(N(CC(=O)[O-])CC(=O)[O-])c(OCCOc2cc3cc(-c4ncc(C(=O)[O-])o4)oc3cc2N(CC(=O)[O-])CC(=O)[O-])c1. The molecule has 0 fully saturated rings. The van der Waals surface area contributed by atoms with Crippen LogP contribution in [0.5, 0.6) is 11.5 Å². The predicted octanol–water partition coefficient (Wildman–Crippen LogP) is -4.17. The Morgan fingerprint density at radius 3 is 1.78 bits per heavy atom. The summed E-state index contributed by atoms with van der Waals surface area (Å²) < 4.78 is 22.4. The summed E-state index contributed by atoms with van der Waals surface area (Å²) in [7, 11) is 0. The van der Waals surface area contributed by atoms with Gasteiger partial charge < -0.3 is 77.6 Å². The van der Waals surface area contributed by atoms with Gasteiger partial charge in [0.15, 0.2) is 11.5 Å². The van der Waals surface area contributed by atoms with Gasteiger partial charge >= 0.3 is 0 Å². The molecule has 0 unspecified atom stereocenters. The van der Waals surface area contributed by atoms with Gasteiger partial charge in [-0.3, -0.25) is 0 Å². The van der Waals surface area contributed by atoms with E-state index < -0.39 is 61.8 Å². The Labute approximate surface area is 258 Å². The van der Waals surface area contributed by atoms with Crippen molar-refractivity contribution in [3.05, 3.63) is 53.9 Å². The summed E-state index contributed by atoms with van der Waals surface area (Å²) in [4.78, 5) is 62.1. The van der Waals surface area contributed by atoms with E-state index >= 15 is 0 Å². The second-order valence-corrected chi connectivity index (χ2v) is 9.65. The quantitative estimate of drug-likeness (QED) is 0.0995. The van der Waals surface area contributed by atoms with Gasteiger partial charge in [0.1, 0.15) is 36.3 Å². The Morgan fingerprint density at radius 2 is 1.26 bits per heavy atom. The lowest BCUT2D eigenvalue weighted by Crippen LogP contribution is -2.44. The predicted molar refractivity (Wildman–Crippen MR) is 143 cm³/mol. The molecule has 17 heteroatoms. The molecule has 4 aromatic rings. The molecule has 0 aliphatic carbocycles. The summed E-state index contributed by atoms with van der Waals surface area (Å²) in [5.41, 5.74) is 0.848. The molecule has 0 bridgehead atoms. The maximum absolute atomic E-state index is 11.4. The van der Waals surface area contributed by atoms with Crippen LogP contribution in [0.3, 0.4) is 0 Å². The molecule has 0 amide bonds. The smallest absolute Gasteiger partial charge is 0.263 e. The van der Waals surface area contributed by atoms with E-state index in [9.17, 15) is 49.5 Å². The second kappa shape index (κ2) is 14.0. The molecule has 2 heterocycles. The third kappa shape index (κ3) is 8.22. The van der Waals surface area contributed by atoms with Crippen LogP contribution in [0.15, 0.2) is 51.4 Å². The highest BCUT2D eigenvalue weighted by molar-refractivity contribution is 5.90. The number of rotatable bonds is 17. The average molecular weight is 637 g/mol. The lowest BCUT2D eigenvalue weighted by molar-refractivity contribution is -0.307. The van der Waals surface area contributed by atoms with E-state index in [0.717, 1.165) is 16.0 Å². The van der Waals surface area contributed by atoms with E-state index in [4.69, 9.17) is 18.3 Å². The van der Waals surface area contributed by atoms with Crippen molar-refractivity contribution in [1.82, 2.24) is 4.98 Å². The number of nitrogens with zero attached hydrogens (tertiary/aromatic N) is 3. The summed E-state index contributed by atoms with van der Waals surface area (Å²) in [5, 5.41) is 56.7. The minimum Gasteiger partial charge on any atom is -0.548 e. The number of carboxylic acids is 5. The topological polar surface area (TPSA) is 265 Å². The first-order valence-corrected chi connectivity index (χ1v) is 13.2. The molecule has 0 aliphatic heterocycles. The number of hydrogen-bond acceptors (Lipinski definition) is 17. The van der Waals surface area contributed by atoms with Crippen LogP contribution in [0.25, 0.3) is 22.6 Å². The summed E-state index contributed by atoms with van der Waals surface area (Å²) in [6, 6.07) is 8.68. The van der Waals surface area contributed by atoms with Crippen LogP contribution < -0.4 is 44.8 Å². The molecule has 0 N–H and O–H groups in total. The number of aliphatic carboxylic acids is 4. The number of anilines is 2. The second-order valence-electron chi connectivity index (χ2n) is 9.65. The molecule has 242 valence electrons. The maximum atomic E-state index is 11.4. The van der Waals surface area contributed by atoms with Crippen LogP contribution >= 0.6 is 0 Å². The number of oxazole rings is 1. The third-order valence-corrected chi connectivity index (χ3v) is 6.19. The first-order valence-electron chi connectivity index (χ1n) is 13.2. The first-order chi connectivity index (χ1) is 21.8. The highest BCUT2D eigenvalue weighted by Crippen LogP contribution is 2.37.